The van der Waals surface area contributed by atoms with Crippen LogP contribution in [0.3, 0.4) is 0 Å². The number of halogens is 2. The molecule has 1 nitrogen and oxygen atoms in total. The number of hydrogen-bond acceptors (Lipinski definition) is 1. The second kappa shape index (κ2) is 5.92. The molecule has 1 aromatic carbocycles. The van der Waals surface area contributed by atoms with Gasteiger partial charge in [0.05, 0.1) is 0 Å². The van der Waals surface area contributed by atoms with Crippen LogP contribution in [-0.4, -0.2) is 18.0 Å². The number of benzene rings is 1. The normalized spacial score (nSPS) is 28.1. The summed E-state index contributed by atoms with van der Waals surface area (Å²) >= 11 is 3.48. The van der Waals surface area contributed by atoms with E-state index in [1.165, 1.54) is 50.8 Å². The Labute approximate surface area is 123 Å². The first-order valence-corrected chi connectivity index (χ1v) is 8.18. The van der Waals surface area contributed by atoms with Gasteiger partial charge >= 0.3 is 0 Å². The van der Waals surface area contributed by atoms with Gasteiger partial charge in [-0.3, -0.25) is 4.90 Å². The highest BCUT2D eigenvalue weighted by molar-refractivity contribution is 9.10. The molecule has 2 aliphatic rings. The molecule has 1 aliphatic heterocycles. The molecule has 3 heteroatoms. The molecule has 0 radical (unpaired) electrons. The average molecular weight is 326 g/mol. The first kappa shape index (κ1) is 13.6. The maximum atomic E-state index is 13.1. The molecule has 0 spiro atoms. The zero-order valence-electron chi connectivity index (χ0n) is 11.2. The van der Waals surface area contributed by atoms with Crippen molar-refractivity contribution in [1.82, 2.24) is 4.90 Å². The van der Waals surface area contributed by atoms with Gasteiger partial charge in [0.2, 0.25) is 0 Å². The largest absolute Gasteiger partial charge is 0.299 e. The molecule has 1 saturated heterocycles. The second-order valence-electron chi connectivity index (χ2n) is 6.06. The highest BCUT2D eigenvalue weighted by Gasteiger charge is 2.30. The topological polar surface area (TPSA) is 3.24 Å². The molecular weight excluding hydrogens is 305 g/mol. The van der Waals surface area contributed by atoms with E-state index in [0.29, 0.717) is 0 Å². The lowest BCUT2D eigenvalue weighted by molar-refractivity contribution is 0.0819. The third-order valence-electron chi connectivity index (χ3n) is 4.78. The summed E-state index contributed by atoms with van der Waals surface area (Å²) in [5.41, 5.74) is 1.20. The molecule has 3 rings (SSSR count). The van der Waals surface area contributed by atoms with Crippen LogP contribution < -0.4 is 0 Å². The smallest absolute Gasteiger partial charge is 0.124 e. The Bertz CT molecular complexity index is 448. The maximum Gasteiger partial charge on any atom is 0.124 e. The molecule has 0 bridgehead atoms. The second-order valence-corrected chi connectivity index (χ2v) is 6.92. The molecule has 2 fully saturated rings. The molecule has 1 saturated carbocycles. The van der Waals surface area contributed by atoms with Gasteiger partial charge in [-0.1, -0.05) is 41.3 Å². The first-order chi connectivity index (χ1) is 9.22. The molecule has 104 valence electrons. The molecule has 2 atom stereocenters. The van der Waals surface area contributed by atoms with Crippen LogP contribution in [0.1, 0.15) is 37.7 Å². The molecule has 1 heterocycles. The number of piperidine rings is 1. The van der Waals surface area contributed by atoms with Crippen molar-refractivity contribution < 1.29 is 4.39 Å². The zero-order chi connectivity index (χ0) is 13.2. The highest BCUT2D eigenvalue weighted by Crippen LogP contribution is 2.36. The van der Waals surface area contributed by atoms with Crippen LogP contribution in [0.2, 0.25) is 0 Å². The SMILES string of the molecule is Fc1ccc(CN2CCC3CCCCC3C2)c(Br)c1. The van der Waals surface area contributed by atoms with Crippen LogP contribution in [0.25, 0.3) is 0 Å². The Hall–Kier alpha value is -0.410. The minimum atomic E-state index is -0.165. The van der Waals surface area contributed by atoms with Gasteiger partial charge in [-0.15, -0.1) is 0 Å². The quantitative estimate of drug-likeness (QED) is 0.768. The van der Waals surface area contributed by atoms with Gasteiger partial charge < -0.3 is 0 Å². The van der Waals surface area contributed by atoms with Crippen molar-refractivity contribution >= 4 is 15.9 Å². The summed E-state index contributed by atoms with van der Waals surface area (Å²) in [5, 5.41) is 0. The van der Waals surface area contributed by atoms with Gasteiger partial charge in [-0.05, 0) is 48.9 Å². The predicted molar refractivity (Wildman–Crippen MR) is 79.4 cm³/mol. The fraction of sp³-hybridized carbons (Fsp3) is 0.625. The van der Waals surface area contributed by atoms with Crippen molar-refractivity contribution in [1.29, 1.82) is 0 Å². The standard InChI is InChI=1S/C16H21BrFN/c17-16-9-15(18)6-5-14(16)11-19-8-7-12-3-1-2-4-13(12)10-19/h5-6,9,12-13H,1-4,7-8,10-11H2. The van der Waals surface area contributed by atoms with Crippen LogP contribution in [-0.2, 0) is 6.54 Å². The van der Waals surface area contributed by atoms with Crippen molar-refractivity contribution in [3.8, 4) is 0 Å². The molecule has 1 aromatic rings. The first-order valence-electron chi connectivity index (χ1n) is 7.38. The highest BCUT2D eigenvalue weighted by atomic mass is 79.9. The summed E-state index contributed by atoms with van der Waals surface area (Å²) in [7, 11) is 0. The molecular formula is C16H21BrFN. The monoisotopic (exact) mass is 325 g/mol. The van der Waals surface area contributed by atoms with E-state index in [2.05, 4.69) is 20.8 Å². The van der Waals surface area contributed by atoms with Crippen LogP contribution in [0.15, 0.2) is 22.7 Å². The van der Waals surface area contributed by atoms with E-state index in [1.54, 1.807) is 12.1 Å². The molecule has 0 aromatic heterocycles. The molecule has 2 unspecified atom stereocenters. The lowest BCUT2D eigenvalue weighted by Crippen LogP contribution is -2.41. The molecule has 0 amide bonds. The summed E-state index contributed by atoms with van der Waals surface area (Å²) in [5.74, 6) is 1.71. The Morgan fingerprint density at radius 3 is 2.74 bits per heavy atom. The van der Waals surface area contributed by atoms with Crippen molar-refractivity contribution in [3.63, 3.8) is 0 Å². The number of likely N-dealkylation sites (tertiary alicyclic amines) is 1. The summed E-state index contributed by atoms with van der Waals surface area (Å²) in [6, 6.07) is 5.04. The van der Waals surface area contributed by atoms with E-state index in [1.807, 2.05) is 6.07 Å². The summed E-state index contributed by atoms with van der Waals surface area (Å²) < 4.78 is 14.0. The fourth-order valence-electron chi connectivity index (χ4n) is 3.71. The van der Waals surface area contributed by atoms with Crippen molar-refractivity contribution in [2.45, 2.75) is 38.6 Å². The van der Waals surface area contributed by atoms with Gasteiger partial charge in [-0.2, -0.15) is 0 Å². The lowest BCUT2D eigenvalue weighted by Gasteiger charge is -2.41. The van der Waals surface area contributed by atoms with Gasteiger partial charge in [0, 0.05) is 17.6 Å². The van der Waals surface area contributed by atoms with Gasteiger partial charge in [-0.25, -0.2) is 4.39 Å². The van der Waals surface area contributed by atoms with Crippen LogP contribution >= 0.6 is 15.9 Å². The predicted octanol–water partition coefficient (Wildman–Crippen LogP) is 4.60. The van der Waals surface area contributed by atoms with E-state index < -0.39 is 0 Å². The van der Waals surface area contributed by atoms with Crippen LogP contribution in [0.5, 0.6) is 0 Å². The van der Waals surface area contributed by atoms with Crippen molar-refractivity contribution in [2.75, 3.05) is 13.1 Å². The van der Waals surface area contributed by atoms with E-state index in [-0.39, 0.29) is 5.82 Å². The molecule has 0 N–H and O–H groups in total. The van der Waals surface area contributed by atoms with Crippen LogP contribution in [0, 0.1) is 17.7 Å². The summed E-state index contributed by atoms with van der Waals surface area (Å²) in [4.78, 5) is 2.55. The Morgan fingerprint density at radius 1 is 1.16 bits per heavy atom. The Balaban J connectivity index is 1.64. The fourth-order valence-corrected chi connectivity index (χ4v) is 4.19. The third kappa shape index (κ3) is 3.19. The van der Waals surface area contributed by atoms with Gasteiger partial charge in [0.15, 0.2) is 0 Å². The van der Waals surface area contributed by atoms with Gasteiger partial charge in [0.1, 0.15) is 5.82 Å². The summed E-state index contributed by atoms with van der Waals surface area (Å²) in [6.07, 6.45) is 7.05. The van der Waals surface area contributed by atoms with Gasteiger partial charge in [0.25, 0.3) is 0 Å². The number of rotatable bonds is 2. The minimum Gasteiger partial charge on any atom is -0.299 e. The third-order valence-corrected chi connectivity index (χ3v) is 5.52. The number of nitrogens with zero attached hydrogens (tertiary/aromatic N) is 1. The average Bonchev–Trinajstić information content (AvgIpc) is 2.42. The van der Waals surface area contributed by atoms with E-state index >= 15 is 0 Å². The van der Waals surface area contributed by atoms with E-state index in [4.69, 9.17) is 0 Å². The van der Waals surface area contributed by atoms with E-state index in [9.17, 15) is 4.39 Å². The van der Waals surface area contributed by atoms with Crippen molar-refractivity contribution in [3.05, 3.63) is 34.1 Å². The zero-order valence-corrected chi connectivity index (χ0v) is 12.8. The molecule has 19 heavy (non-hydrogen) atoms. The lowest BCUT2D eigenvalue weighted by atomic mass is 9.75. The number of hydrogen-bond donors (Lipinski definition) is 0. The van der Waals surface area contributed by atoms with E-state index in [0.717, 1.165) is 22.9 Å². The molecule has 1 aliphatic carbocycles. The maximum absolute atomic E-state index is 13.1. The number of fused-ring (bicyclic) bond motifs is 1. The summed E-state index contributed by atoms with van der Waals surface area (Å²) in [6.45, 7) is 3.38. The van der Waals surface area contributed by atoms with Crippen LogP contribution in [0.4, 0.5) is 4.39 Å². The Kier molecular flexibility index (Phi) is 4.23. The van der Waals surface area contributed by atoms with Crippen molar-refractivity contribution in [2.24, 2.45) is 11.8 Å². The minimum absolute atomic E-state index is 0.165. The Morgan fingerprint density at radius 2 is 1.95 bits per heavy atom.